The second-order valence-electron chi connectivity index (χ2n) is 6.73. The number of hydrogen-bond acceptors (Lipinski definition) is 6. The molecule has 10 heteroatoms. The summed E-state index contributed by atoms with van der Waals surface area (Å²) in [5.41, 5.74) is 5.33. The molecule has 0 spiro atoms. The SMILES string of the molecule is COc1cc(CNn2c(-c3ccncc3)n[nH]c2=S)ccc1OCc1c(F)cccc1Cl. The van der Waals surface area contributed by atoms with Gasteiger partial charge in [0.15, 0.2) is 17.3 Å². The summed E-state index contributed by atoms with van der Waals surface area (Å²) in [5, 5.41) is 7.39. The van der Waals surface area contributed by atoms with E-state index in [0.29, 0.717) is 39.2 Å². The molecular weight excluding hydrogens is 453 g/mol. The van der Waals surface area contributed by atoms with Gasteiger partial charge < -0.3 is 14.9 Å². The first-order chi connectivity index (χ1) is 15.6. The van der Waals surface area contributed by atoms with Crippen molar-refractivity contribution in [1.82, 2.24) is 19.9 Å². The lowest BCUT2D eigenvalue weighted by molar-refractivity contribution is 0.279. The van der Waals surface area contributed by atoms with Crippen molar-refractivity contribution in [2.24, 2.45) is 0 Å². The number of nitrogens with one attached hydrogen (secondary N) is 2. The summed E-state index contributed by atoms with van der Waals surface area (Å²) in [6, 6.07) is 13.7. The third-order valence-electron chi connectivity index (χ3n) is 4.71. The predicted molar refractivity (Wildman–Crippen MR) is 122 cm³/mol. The Kier molecular flexibility index (Phi) is 6.67. The number of hydrogen-bond donors (Lipinski definition) is 2. The Morgan fingerprint density at radius 3 is 2.72 bits per heavy atom. The molecule has 0 amide bonds. The highest BCUT2D eigenvalue weighted by atomic mass is 35.5. The maximum Gasteiger partial charge on any atom is 0.214 e. The van der Waals surface area contributed by atoms with Crippen LogP contribution in [-0.2, 0) is 13.2 Å². The summed E-state index contributed by atoms with van der Waals surface area (Å²) < 4.78 is 27.3. The molecule has 0 saturated heterocycles. The Morgan fingerprint density at radius 2 is 1.97 bits per heavy atom. The van der Waals surface area contributed by atoms with Crippen molar-refractivity contribution in [3.05, 3.63) is 87.7 Å². The van der Waals surface area contributed by atoms with Crippen LogP contribution >= 0.6 is 23.8 Å². The molecule has 0 aliphatic heterocycles. The van der Waals surface area contributed by atoms with Gasteiger partial charge in [0.2, 0.25) is 4.77 Å². The van der Waals surface area contributed by atoms with Crippen molar-refractivity contribution in [3.63, 3.8) is 0 Å². The highest BCUT2D eigenvalue weighted by Crippen LogP contribution is 2.30. The Labute approximate surface area is 193 Å². The molecule has 4 aromatic rings. The van der Waals surface area contributed by atoms with Gasteiger partial charge in [-0.2, -0.15) is 5.10 Å². The van der Waals surface area contributed by atoms with Crippen molar-refractivity contribution >= 4 is 23.8 Å². The molecule has 7 nitrogen and oxygen atoms in total. The minimum absolute atomic E-state index is 0.0149. The maximum atomic E-state index is 14.0. The number of pyridine rings is 1. The third kappa shape index (κ3) is 4.74. The van der Waals surface area contributed by atoms with E-state index in [-0.39, 0.29) is 6.61 Å². The number of rotatable bonds is 8. The van der Waals surface area contributed by atoms with Crippen molar-refractivity contribution in [3.8, 4) is 22.9 Å². The molecule has 0 aliphatic carbocycles. The summed E-state index contributed by atoms with van der Waals surface area (Å²) in [7, 11) is 1.54. The van der Waals surface area contributed by atoms with E-state index in [1.54, 1.807) is 42.4 Å². The van der Waals surface area contributed by atoms with E-state index in [1.165, 1.54) is 6.07 Å². The molecule has 0 saturated carbocycles. The van der Waals surface area contributed by atoms with Crippen LogP contribution < -0.4 is 14.9 Å². The minimum Gasteiger partial charge on any atom is -0.493 e. The van der Waals surface area contributed by atoms with E-state index in [9.17, 15) is 4.39 Å². The average molecular weight is 472 g/mol. The smallest absolute Gasteiger partial charge is 0.214 e. The standard InChI is InChI=1S/C22H19ClFN5O2S/c1-30-20-11-14(5-6-19(20)31-13-16-17(23)3-2-4-18(16)24)12-26-29-21(27-28-22(29)32)15-7-9-25-10-8-15/h2-11,26H,12-13H2,1H3,(H,28,32). The van der Waals surface area contributed by atoms with E-state index in [2.05, 4.69) is 20.6 Å². The number of aromatic nitrogens is 4. The number of benzene rings is 2. The lowest BCUT2D eigenvalue weighted by Gasteiger charge is -2.14. The fraction of sp³-hybridized carbons (Fsp3) is 0.136. The molecule has 2 heterocycles. The van der Waals surface area contributed by atoms with Crippen molar-refractivity contribution in [2.45, 2.75) is 13.2 Å². The zero-order valence-corrected chi connectivity index (χ0v) is 18.6. The van der Waals surface area contributed by atoms with Gasteiger partial charge in [0.25, 0.3) is 0 Å². The zero-order valence-electron chi connectivity index (χ0n) is 17.0. The first-order valence-corrected chi connectivity index (χ1v) is 10.4. The van der Waals surface area contributed by atoms with Crippen LogP contribution in [0.15, 0.2) is 60.9 Å². The number of methoxy groups -OCH3 is 1. The molecule has 164 valence electrons. The molecule has 0 unspecified atom stereocenters. The van der Waals surface area contributed by atoms with Gasteiger partial charge in [-0.1, -0.05) is 23.7 Å². The normalized spacial score (nSPS) is 10.7. The maximum absolute atomic E-state index is 14.0. The van der Waals surface area contributed by atoms with E-state index in [4.69, 9.17) is 33.3 Å². The summed E-state index contributed by atoms with van der Waals surface area (Å²) >= 11 is 11.4. The Balaban J connectivity index is 1.48. The molecule has 4 rings (SSSR count). The van der Waals surface area contributed by atoms with Crippen LogP contribution in [0.3, 0.4) is 0 Å². The minimum atomic E-state index is -0.417. The van der Waals surface area contributed by atoms with Crippen molar-refractivity contribution < 1.29 is 13.9 Å². The second kappa shape index (κ2) is 9.80. The van der Waals surface area contributed by atoms with Gasteiger partial charge in [-0.15, -0.1) is 0 Å². The third-order valence-corrected chi connectivity index (χ3v) is 5.34. The molecule has 0 radical (unpaired) electrons. The monoisotopic (exact) mass is 471 g/mol. The molecule has 2 aromatic carbocycles. The van der Waals surface area contributed by atoms with E-state index < -0.39 is 5.82 Å². The molecule has 0 aliphatic rings. The van der Waals surface area contributed by atoms with E-state index in [1.807, 2.05) is 24.3 Å². The molecule has 2 aromatic heterocycles. The quantitative estimate of drug-likeness (QED) is 0.347. The second-order valence-corrected chi connectivity index (χ2v) is 7.53. The van der Waals surface area contributed by atoms with Crippen LogP contribution in [0.1, 0.15) is 11.1 Å². The Bertz CT molecular complexity index is 1260. The highest BCUT2D eigenvalue weighted by Gasteiger charge is 2.12. The number of H-pyrrole nitrogens is 1. The summed E-state index contributed by atoms with van der Waals surface area (Å²) in [6.07, 6.45) is 3.38. The zero-order chi connectivity index (χ0) is 22.5. The Hall–Kier alpha value is -3.43. The highest BCUT2D eigenvalue weighted by molar-refractivity contribution is 7.71. The number of halogens is 2. The largest absolute Gasteiger partial charge is 0.493 e. The Morgan fingerprint density at radius 1 is 1.16 bits per heavy atom. The predicted octanol–water partition coefficient (Wildman–Crippen LogP) is 5.13. The first kappa shape index (κ1) is 21.8. The molecule has 0 atom stereocenters. The summed E-state index contributed by atoms with van der Waals surface area (Å²) in [4.78, 5) is 4.02. The fourth-order valence-corrected chi connectivity index (χ4v) is 3.48. The first-order valence-electron chi connectivity index (χ1n) is 9.61. The van der Waals surface area contributed by atoms with Gasteiger partial charge in [-0.05, 0) is 54.2 Å². The van der Waals surface area contributed by atoms with Crippen LogP contribution in [0.2, 0.25) is 5.02 Å². The van der Waals surface area contributed by atoms with Gasteiger partial charge in [-0.3, -0.25) is 4.98 Å². The number of aromatic amines is 1. The number of ether oxygens (including phenoxy) is 2. The van der Waals surface area contributed by atoms with Crippen LogP contribution in [0.25, 0.3) is 11.4 Å². The van der Waals surface area contributed by atoms with Gasteiger partial charge in [0.1, 0.15) is 12.4 Å². The summed E-state index contributed by atoms with van der Waals surface area (Å²) in [5.74, 6) is 1.22. The van der Waals surface area contributed by atoms with Crippen LogP contribution in [0, 0.1) is 10.6 Å². The van der Waals surface area contributed by atoms with Gasteiger partial charge in [0, 0.05) is 23.5 Å². The molecule has 32 heavy (non-hydrogen) atoms. The lowest BCUT2D eigenvalue weighted by Crippen LogP contribution is -2.16. The van der Waals surface area contributed by atoms with E-state index >= 15 is 0 Å². The molecule has 2 N–H and O–H groups in total. The number of nitrogens with zero attached hydrogens (tertiary/aromatic N) is 3. The van der Waals surface area contributed by atoms with Crippen molar-refractivity contribution in [1.29, 1.82) is 0 Å². The van der Waals surface area contributed by atoms with Crippen molar-refractivity contribution in [2.75, 3.05) is 12.5 Å². The molecular formula is C22H19ClFN5O2S. The fourth-order valence-electron chi connectivity index (χ4n) is 3.07. The van der Waals surface area contributed by atoms with Crippen LogP contribution in [0.5, 0.6) is 11.5 Å². The summed E-state index contributed by atoms with van der Waals surface area (Å²) in [6.45, 7) is 0.431. The molecule has 0 fully saturated rings. The van der Waals surface area contributed by atoms with Gasteiger partial charge in [0.05, 0.1) is 18.7 Å². The topological polar surface area (TPSA) is 77.0 Å². The van der Waals surface area contributed by atoms with Crippen LogP contribution in [-0.4, -0.2) is 27.0 Å². The van der Waals surface area contributed by atoms with E-state index in [0.717, 1.165) is 11.1 Å². The van der Waals surface area contributed by atoms with Gasteiger partial charge in [-0.25, -0.2) is 14.2 Å². The average Bonchev–Trinajstić information content (AvgIpc) is 3.18. The lowest BCUT2D eigenvalue weighted by atomic mass is 10.2. The molecule has 0 bridgehead atoms. The van der Waals surface area contributed by atoms with Gasteiger partial charge >= 0.3 is 0 Å². The van der Waals surface area contributed by atoms with Crippen LogP contribution in [0.4, 0.5) is 4.39 Å².